The summed E-state index contributed by atoms with van der Waals surface area (Å²) in [6, 6.07) is 12.1. The molecule has 1 amide bonds. The Hall–Kier alpha value is -3.93. The average molecular weight is 535 g/mol. The molecule has 6 rings (SSSR count). The van der Waals surface area contributed by atoms with E-state index in [4.69, 9.17) is 9.47 Å². The lowest BCUT2D eigenvalue weighted by molar-refractivity contribution is 0.0296. The summed E-state index contributed by atoms with van der Waals surface area (Å²) in [4.78, 5) is 25.5. The molecular weight excluding hydrogens is 506 g/mol. The monoisotopic (exact) mass is 534 g/mol. The highest BCUT2D eigenvalue weighted by molar-refractivity contribution is 5.95. The van der Waals surface area contributed by atoms with Crippen LogP contribution in [0.25, 0.3) is 16.7 Å². The molecular formula is C28H28F2N6O3. The van der Waals surface area contributed by atoms with Crippen LogP contribution >= 0.6 is 0 Å². The zero-order valence-corrected chi connectivity index (χ0v) is 21.3. The van der Waals surface area contributed by atoms with Gasteiger partial charge in [0.25, 0.3) is 5.91 Å². The third kappa shape index (κ3) is 5.47. The first-order chi connectivity index (χ1) is 19.0. The summed E-state index contributed by atoms with van der Waals surface area (Å²) in [6.45, 7) is 5.52. The molecule has 2 saturated heterocycles. The van der Waals surface area contributed by atoms with Crippen LogP contribution in [0.5, 0.6) is 0 Å². The van der Waals surface area contributed by atoms with Crippen LogP contribution in [0.2, 0.25) is 0 Å². The number of morpholine rings is 2. The molecule has 0 spiro atoms. The predicted molar refractivity (Wildman–Crippen MR) is 141 cm³/mol. The van der Waals surface area contributed by atoms with E-state index in [1.165, 1.54) is 10.5 Å². The van der Waals surface area contributed by atoms with E-state index < -0.39 is 23.1 Å². The summed E-state index contributed by atoms with van der Waals surface area (Å²) in [6.07, 6.45) is 3.32. The first kappa shape index (κ1) is 25.4. The summed E-state index contributed by atoms with van der Waals surface area (Å²) in [5.74, 6) is -2.17. The fourth-order valence-electron chi connectivity index (χ4n) is 4.85. The molecule has 2 aliphatic heterocycles. The number of hydrogen-bond acceptors (Lipinski definition) is 7. The Balaban J connectivity index is 1.21. The van der Waals surface area contributed by atoms with E-state index in [1.54, 1.807) is 23.0 Å². The Labute approximate surface area is 224 Å². The maximum atomic E-state index is 15.1. The standard InChI is InChI=1S/C28H28F2N6O3/c29-23-15-22(16-24(30)25(23)27(37)35-9-13-39-14-10-35)36-6-5-20-17-31-28(33-26(20)36)32-21-3-1-19(2-4-21)18-34-7-11-38-12-8-34/h1-6,15-17H,7-14,18H2,(H,31,32,33). The van der Waals surface area contributed by atoms with Gasteiger partial charge in [-0.05, 0) is 35.9 Å². The van der Waals surface area contributed by atoms with Gasteiger partial charge in [0, 0.05) is 56.2 Å². The molecule has 9 nitrogen and oxygen atoms in total. The van der Waals surface area contributed by atoms with Crippen LogP contribution in [-0.2, 0) is 16.0 Å². The Bertz CT molecular complexity index is 1460. The number of carbonyl (C=O) groups excluding carboxylic acids is 1. The summed E-state index contributed by atoms with van der Waals surface area (Å²) < 4.78 is 42.3. The van der Waals surface area contributed by atoms with Gasteiger partial charge in [0.15, 0.2) is 0 Å². The van der Waals surface area contributed by atoms with Crippen LogP contribution in [0.4, 0.5) is 20.4 Å². The van der Waals surface area contributed by atoms with Gasteiger partial charge in [-0.1, -0.05) is 12.1 Å². The van der Waals surface area contributed by atoms with E-state index in [0.29, 0.717) is 43.3 Å². The van der Waals surface area contributed by atoms with E-state index in [0.717, 1.165) is 50.7 Å². The number of nitrogens with one attached hydrogen (secondary N) is 1. The van der Waals surface area contributed by atoms with Crippen molar-refractivity contribution < 1.29 is 23.0 Å². The first-order valence-electron chi connectivity index (χ1n) is 12.9. The van der Waals surface area contributed by atoms with Crippen molar-refractivity contribution in [3.63, 3.8) is 0 Å². The molecule has 0 radical (unpaired) electrons. The van der Waals surface area contributed by atoms with Gasteiger partial charge < -0.3 is 24.3 Å². The van der Waals surface area contributed by atoms with Crippen molar-refractivity contribution in [3.05, 3.63) is 77.6 Å². The smallest absolute Gasteiger partial charge is 0.259 e. The Morgan fingerprint density at radius 3 is 2.28 bits per heavy atom. The minimum atomic E-state index is -0.923. The molecule has 2 aliphatic rings. The van der Waals surface area contributed by atoms with E-state index in [-0.39, 0.29) is 5.69 Å². The fourth-order valence-corrected chi connectivity index (χ4v) is 4.85. The molecule has 202 valence electrons. The highest BCUT2D eigenvalue weighted by atomic mass is 19.1. The number of anilines is 2. The fraction of sp³-hybridized carbons (Fsp3) is 0.321. The van der Waals surface area contributed by atoms with Crippen molar-refractivity contribution in [1.82, 2.24) is 24.3 Å². The molecule has 0 atom stereocenters. The van der Waals surface area contributed by atoms with E-state index >= 15 is 8.78 Å². The molecule has 0 unspecified atom stereocenters. The second-order valence-corrected chi connectivity index (χ2v) is 9.56. The van der Waals surface area contributed by atoms with E-state index in [1.807, 2.05) is 12.1 Å². The highest BCUT2D eigenvalue weighted by Crippen LogP contribution is 2.25. The number of halogens is 2. The summed E-state index contributed by atoms with van der Waals surface area (Å²) in [7, 11) is 0. The molecule has 4 aromatic rings. The maximum absolute atomic E-state index is 15.1. The Morgan fingerprint density at radius 1 is 0.923 bits per heavy atom. The zero-order valence-electron chi connectivity index (χ0n) is 21.3. The van der Waals surface area contributed by atoms with Crippen molar-refractivity contribution >= 4 is 28.6 Å². The van der Waals surface area contributed by atoms with Crippen LogP contribution in [0, 0.1) is 11.6 Å². The number of carbonyl (C=O) groups is 1. The van der Waals surface area contributed by atoms with Crippen LogP contribution in [0.15, 0.2) is 54.9 Å². The number of aromatic nitrogens is 3. The minimum absolute atomic E-state index is 0.218. The molecule has 0 aliphatic carbocycles. The van der Waals surface area contributed by atoms with Gasteiger partial charge in [-0.25, -0.2) is 13.8 Å². The molecule has 4 heterocycles. The van der Waals surface area contributed by atoms with Gasteiger partial charge in [0.2, 0.25) is 5.95 Å². The van der Waals surface area contributed by atoms with Crippen molar-refractivity contribution in [2.24, 2.45) is 0 Å². The number of rotatable bonds is 6. The largest absolute Gasteiger partial charge is 0.379 e. The molecule has 2 aromatic carbocycles. The SMILES string of the molecule is O=C(c1c(F)cc(-n2ccc3cnc(Nc4ccc(CN5CCOCC5)cc4)nc32)cc1F)N1CCOCC1. The summed E-state index contributed by atoms with van der Waals surface area (Å²) in [5, 5.41) is 3.91. The molecule has 2 aromatic heterocycles. The highest BCUT2D eigenvalue weighted by Gasteiger charge is 2.26. The molecule has 2 fully saturated rings. The summed E-state index contributed by atoms with van der Waals surface area (Å²) in [5.41, 5.74) is 2.15. The van der Waals surface area contributed by atoms with E-state index in [9.17, 15) is 4.79 Å². The predicted octanol–water partition coefficient (Wildman–Crippen LogP) is 3.75. The molecule has 0 saturated carbocycles. The van der Waals surface area contributed by atoms with Crippen molar-refractivity contribution in [3.8, 4) is 5.69 Å². The second kappa shape index (κ2) is 11.0. The van der Waals surface area contributed by atoms with Crippen molar-refractivity contribution in [2.45, 2.75) is 6.54 Å². The lowest BCUT2D eigenvalue weighted by Gasteiger charge is -2.27. The van der Waals surface area contributed by atoms with Gasteiger partial charge in [0.05, 0.1) is 32.1 Å². The Morgan fingerprint density at radius 2 is 1.59 bits per heavy atom. The van der Waals surface area contributed by atoms with Crippen LogP contribution in [0.3, 0.4) is 0 Å². The first-order valence-corrected chi connectivity index (χ1v) is 12.9. The number of benzene rings is 2. The second-order valence-electron chi connectivity index (χ2n) is 9.56. The molecule has 0 bridgehead atoms. The normalized spacial score (nSPS) is 16.5. The number of amides is 1. The maximum Gasteiger partial charge on any atom is 0.259 e. The average Bonchev–Trinajstić information content (AvgIpc) is 3.38. The Kier molecular flexibility index (Phi) is 7.18. The number of hydrogen-bond donors (Lipinski definition) is 1. The third-order valence-electron chi connectivity index (χ3n) is 6.96. The van der Waals surface area contributed by atoms with Crippen LogP contribution in [0.1, 0.15) is 15.9 Å². The van der Waals surface area contributed by atoms with Crippen molar-refractivity contribution in [2.75, 3.05) is 57.9 Å². The van der Waals surface area contributed by atoms with Crippen molar-refractivity contribution in [1.29, 1.82) is 0 Å². The quantitative estimate of drug-likeness (QED) is 0.403. The number of fused-ring (bicyclic) bond motifs is 1. The minimum Gasteiger partial charge on any atom is -0.379 e. The van der Waals surface area contributed by atoms with Crippen LogP contribution < -0.4 is 5.32 Å². The van der Waals surface area contributed by atoms with Gasteiger partial charge >= 0.3 is 0 Å². The van der Waals surface area contributed by atoms with Gasteiger partial charge in [-0.2, -0.15) is 4.98 Å². The number of ether oxygens (including phenoxy) is 2. The molecule has 1 N–H and O–H groups in total. The molecule has 11 heteroatoms. The lowest BCUT2D eigenvalue weighted by Crippen LogP contribution is -2.41. The molecule has 39 heavy (non-hydrogen) atoms. The lowest BCUT2D eigenvalue weighted by atomic mass is 10.1. The number of nitrogens with zero attached hydrogens (tertiary/aromatic N) is 5. The van der Waals surface area contributed by atoms with Crippen LogP contribution in [-0.4, -0.2) is 82.8 Å². The summed E-state index contributed by atoms with van der Waals surface area (Å²) >= 11 is 0. The third-order valence-corrected chi connectivity index (χ3v) is 6.96. The zero-order chi connectivity index (χ0) is 26.8. The topological polar surface area (TPSA) is 84.8 Å². The van der Waals surface area contributed by atoms with Gasteiger partial charge in [-0.3, -0.25) is 9.69 Å². The van der Waals surface area contributed by atoms with Gasteiger partial charge in [-0.15, -0.1) is 0 Å². The van der Waals surface area contributed by atoms with Gasteiger partial charge in [0.1, 0.15) is 22.8 Å². The van der Waals surface area contributed by atoms with E-state index in [2.05, 4.69) is 32.3 Å².